The van der Waals surface area contributed by atoms with Crippen LogP contribution in [0.4, 0.5) is 0 Å². The molecular weight excluding hydrogens is 244 g/mol. The predicted octanol–water partition coefficient (Wildman–Crippen LogP) is 4.36. The van der Waals surface area contributed by atoms with E-state index in [1.807, 2.05) is 0 Å². The minimum Gasteiger partial charge on any atom is -0.377 e. The van der Waals surface area contributed by atoms with Crippen molar-refractivity contribution in [2.24, 2.45) is 5.92 Å². The Kier molecular flexibility index (Phi) is 3.08. The Bertz CT molecular complexity index is 509. The smallest absolute Gasteiger partial charge is 0.0683 e. The predicted molar refractivity (Wildman–Crippen MR) is 80.8 cm³/mol. The van der Waals surface area contributed by atoms with Crippen LogP contribution in [0.5, 0.6) is 0 Å². The molecule has 0 spiro atoms. The molecule has 4 atom stereocenters. The van der Waals surface area contributed by atoms with Gasteiger partial charge < -0.3 is 4.74 Å². The molecule has 1 saturated carbocycles. The van der Waals surface area contributed by atoms with E-state index in [4.69, 9.17) is 4.74 Å². The number of hydrogen-bond acceptors (Lipinski definition) is 1. The Morgan fingerprint density at radius 3 is 2.00 bits per heavy atom. The molecule has 2 fully saturated rings. The third-order valence-corrected chi connectivity index (χ3v) is 4.99. The number of ether oxygens (including phenoxy) is 1. The molecule has 0 amide bonds. The molecule has 0 aromatic heterocycles. The second kappa shape index (κ2) is 5.06. The Balaban J connectivity index is 1.71. The monoisotopic (exact) mass is 264 g/mol. The number of benzene rings is 2. The van der Waals surface area contributed by atoms with Crippen LogP contribution in [-0.4, -0.2) is 12.7 Å². The maximum absolute atomic E-state index is 6.10. The van der Waals surface area contributed by atoms with Crippen molar-refractivity contribution in [2.75, 3.05) is 6.61 Å². The van der Waals surface area contributed by atoms with Crippen LogP contribution in [0.25, 0.3) is 0 Å². The number of fused-ring (bicyclic) bond motifs is 1. The van der Waals surface area contributed by atoms with E-state index >= 15 is 0 Å². The molecule has 2 aliphatic rings. The Hall–Kier alpha value is -1.60. The van der Waals surface area contributed by atoms with Crippen molar-refractivity contribution in [3.8, 4) is 0 Å². The molecule has 1 heteroatoms. The number of hydrogen-bond donors (Lipinski definition) is 0. The molecule has 1 heterocycles. The summed E-state index contributed by atoms with van der Waals surface area (Å²) in [7, 11) is 0. The maximum atomic E-state index is 6.10. The van der Waals surface area contributed by atoms with Crippen LogP contribution in [0, 0.1) is 5.92 Å². The Morgan fingerprint density at radius 2 is 1.35 bits per heavy atom. The first-order valence-corrected chi connectivity index (χ1v) is 7.66. The molecule has 1 nitrogen and oxygen atoms in total. The lowest BCUT2D eigenvalue weighted by atomic mass is 9.55. The van der Waals surface area contributed by atoms with Gasteiger partial charge in [0, 0.05) is 12.5 Å². The highest BCUT2D eigenvalue weighted by molar-refractivity contribution is 5.36. The molecule has 1 aliphatic heterocycles. The first-order chi connectivity index (χ1) is 9.95. The fourth-order valence-corrected chi connectivity index (χ4v) is 4.11. The molecule has 4 rings (SSSR count). The summed E-state index contributed by atoms with van der Waals surface area (Å²) in [6.07, 6.45) is 2.95. The molecule has 1 aliphatic carbocycles. The van der Waals surface area contributed by atoms with Crippen molar-refractivity contribution in [2.45, 2.75) is 30.8 Å². The van der Waals surface area contributed by atoms with Crippen LogP contribution in [0.1, 0.15) is 35.8 Å². The molecule has 102 valence electrons. The summed E-state index contributed by atoms with van der Waals surface area (Å²) in [6, 6.07) is 21.9. The summed E-state index contributed by atoms with van der Waals surface area (Å²) in [4.78, 5) is 0. The van der Waals surface area contributed by atoms with Gasteiger partial charge in [-0.15, -0.1) is 0 Å². The van der Waals surface area contributed by atoms with Gasteiger partial charge in [0.15, 0.2) is 0 Å². The average Bonchev–Trinajstić information content (AvgIpc) is 2.51. The van der Waals surface area contributed by atoms with E-state index < -0.39 is 0 Å². The molecule has 0 bridgehead atoms. The summed E-state index contributed by atoms with van der Waals surface area (Å²) < 4.78 is 6.10. The van der Waals surface area contributed by atoms with E-state index in [0.717, 1.165) is 6.61 Å². The summed E-state index contributed by atoms with van der Waals surface area (Å²) >= 11 is 0. The summed E-state index contributed by atoms with van der Waals surface area (Å²) in [5.74, 6) is 1.86. The number of rotatable bonds is 2. The second-order valence-corrected chi connectivity index (χ2v) is 6.01. The third kappa shape index (κ3) is 1.89. The Morgan fingerprint density at radius 1 is 0.750 bits per heavy atom. The van der Waals surface area contributed by atoms with Crippen molar-refractivity contribution in [1.29, 1.82) is 0 Å². The molecular formula is C19H20O. The van der Waals surface area contributed by atoms with Gasteiger partial charge in [0.1, 0.15) is 0 Å². The van der Waals surface area contributed by atoms with Crippen molar-refractivity contribution in [3.05, 3.63) is 71.8 Å². The summed E-state index contributed by atoms with van der Waals surface area (Å²) in [5, 5.41) is 0. The average molecular weight is 264 g/mol. The van der Waals surface area contributed by atoms with Crippen molar-refractivity contribution < 1.29 is 4.74 Å². The minimum atomic E-state index is 0.427. The molecule has 2 aromatic carbocycles. The van der Waals surface area contributed by atoms with E-state index in [1.165, 1.54) is 24.0 Å². The van der Waals surface area contributed by atoms with Crippen LogP contribution in [0.3, 0.4) is 0 Å². The quantitative estimate of drug-likeness (QED) is 0.783. The Labute approximate surface area is 120 Å². The highest BCUT2D eigenvalue weighted by Gasteiger charge is 2.52. The standard InChI is InChI=1S/C19H20O/c1-3-8-14(9-4-1)17-16-12-7-13-20-19(16)18(17)15-10-5-2-6-11-15/h1-6,8-11,16-19H,7,12-13H2/t16-,17-,18+,19-/m0/s1. The van der Waals surface area contributed by atoms with Gasteiger partial charge in [-0.25, -0.2) is 0 Å². The van der Waals surface area contributed by atoms with Crippen LogP contribution >= 0.6 is 0 Å². The maximum Gasteiger partial charge on any atom is 0.0683 e. The fourth-order valence-electron chi connectivity index (χ4n) is 4.11. The van der Waals surface area contributed by atoms with Crippen molar-refractivity contribution in [3.63, 3.8) is 0 Å². The molecule has 0 radical (unpaired) electrons. The summed E-state index contributed by atoms with van der Waals surface area (Å²) in [5.41, 5.74) is 2.91. The summed E-state index contributed by atoms with van der Waals surface area (Å²) in [6.45, 7) is 0.937. The normalized spacial score (nSPS) is 32.2. The van der Waals surface area contributed by atoms with Gasteiger partial charge in [-0.05, 0) is 35.8 Å². The van der Waals surface area contributed by atoms with Gasteiger partial charge in [-0.1, -0.05) is 60.7 Å². The van der Waals surface area contributed by atoms with Gasteiger partial charge in [0.05, 0.1) is 6.10 Å². The van der Waals surface area contributed by atoms with Gasteiger partial charge in [0.2, 0.25) is 0 Å². The second-order valence-electron chi connectivity index (χ2n) is 6.01. The highest BCUT2D eigenvalue weighted by atomic mass is 16.5. The lowest BCUT2D eigenvalue weighted by molar-refractivity contribution is -0.116. The van der Waals surface area contributed by atoms with Gasteiger partial charge in [-0.3, -0.25) is 0 Å². The van der Waals surface area contributed by atoms with E-state index in [9.17, 15) is 0 Å². The lowest BCUT2D eigenvalue weighted by Gasteiger charge is -2.54. The van der Waals surface area contributed by atoms with Gasteiger partial charge in [0.25, 0.3) is 0 Å². The third-order valence-electron chi connectivity index (χ3n) is 4.99. The van der Waals surface area contributed by atoms with Crippen LogP contribution in [-0.2, 0) is 4.74 Å². The van der Waals surface area contributed by atoms with Crippen molar-refractivity contribution >= 4 is 0 Å². The van der Waals surface area contributed by atoms with Gasteiger partial charge >= 0.3 is 0 Å². The lowest BCUT2D eigenvalue weighted by Crippen LogP contribution is -2.51. The minimum absolute atomic E-state index is 0.427. The zero-order valence-electron chi connectivity index (χ0n) is 11.6. The first-order valence-electron chi connectivity index (χ1n) is 7.66. The largest absolute Gasteiger partial charge is 0.377 e. The van der Waals surface area contributed by atoms with Gasteiger partial charge in [-0.2, -0.15) is 0 Å². The van der Waals surface area contributed by atoms with E-state index in [-0.39, 0.29) is 0 Å². The van der Waals surface area contributed by atoms with E-state index in [0.29, 0.717) is 23.9 Å². The van der Waals surface area contributed by atoms with E-state index in [2.05, 4.69) is 60.7 Å². The first kappa shape index (κ1) is 12.2. The zero-order chi connectivity index (χ0) is 13.4. The fraction of sp³-hybridized carbons (Fsp3) is 0.368. The van der Waals surface area contributed by atoms with Crippen LogP contribution in [0.15, 0.2) is 60.7 Å². The molecule has 20 heavy (non-hydrogen) atoms. The van der Waals surface area contributed by atoms with Crippen LogP contribution < -0.4 is 0 Å². The van der Waals surface area contributed by atoms with Crippen molar-refractivity contribution in [1.82, 2.24) is 0 Å². The molecule has 0 unspecified atom stereocenters. The topological polar surface area (TPSA) is 9.23 Å². The molecule has 2 aromatic rings. The highest BCUT2D eigenvalue weighted by Crippen LogP contribution is 2.57. The molecule has 1 saturated heterocycles. The van der Waals surface area contributed by atoms with E-state index in [1.54, 1.807) is 0 Å². The SMILES string of the molecule is c1ccc([C@H]2[C@@H]3CCCO[C@@H]3[C@@H]2c2ccccc2)cc1. The zero-order valence-corrected chi connectivity index (χ0v) is 11.6. The van der Waals surface area contributed by atoms with Crippen LogP contribution in [0.2, 0.25) is 0 Å². The molecule has 0 N–H and O–H groups in total.